The largest absolute Gasteiger partial charge is 0.276 e. The maximum atomic E-state index is 12.3. The van der Waals surface area contributed by atoms with E-state index in [0.717, 1.165) is 31.2 Å². The first-order valence-electron chi connectivity index (χ1n) is 8.41. The molecule has 5 nitrogen and oxygen atoms in total. The second-order valence-electron chi connectivity index (χ2n) is 6.46. The van der Waals surface area contributed by atoms with Gasteiger partial charge in [0, 0.05) is 4.88 Å². The van der Waals surface area contributed by atoms with Crippen molar-refractivity contribution >= 4 is 27.3 Å². The van der Waals surface area contributed by atoms with E-state index in [1.54, 1.807) is 24.3 Å². The Kier molecular flexibility index (Phi) is 5.27. The summed E-state index contributed by atoms with van der Waals surface area (Å²) < 4.78 is 24.6. The van der Waals surface area contributed by atoms with Crippen molar-refractivity contribution < 1.29 is 13.2 Å². The van der Waals surface area contributed by atoms with Crippen LogP contribution in [0.15, 0.2) is 35.2 Å². The first-order chi connectivity index (χ1) is 11.9. The number of fused-ring (bicyclic) bond motifs is 1. The van der Waals surface area contributed by atoms with Gasteiger partial charge in [0.05, 0.1) is 9.77 Å². The smallest absolute Gasteiger partial charge is 0.273 e. The zero-order valence-electron chi connectivity index (χ0n) is 14.3. The van der Waals surface area contributed by atoms with Gasteiger partial charge in [0.15, 0.2) is 0 Å². The van der Waals surface area contributed by atoms with Crippen LogP contribution in [0.1, 0.15) is 45.9 Å². The number of hydrazine groups is 1. The van der Waals surface area contributed by atoms with Gasteiger partial charge < -0.3 is 0 Å². The average Bonchev–Trinajstić information content (AvgIpc) is 3.03. The topological polar surface area (TPSA) is 75.3 Å². The van der Waals surface area contributed by atoms with E-state index in [2.05, 4.69) is 17.2 Å². The summed E-state index contributed by atoms with van der Waals surface area (Å²) in [4.78, 5) is 16.4. The molecule has 7 heteroatoms. The highest BCUT2D eigenvalue weighted by Gasteiger charge is 2.22. The highest BCUT2D eigenvalue weighted by Crippen LogP contribution is 2.32. The van der Waals surface area contributed by atoms with E-state index < -0.39 is 15.9 Å². The number of hydrogen-bond acceptors (Lipinski definition) is 4. The maximum Gasteiger partial charge on any atom is 0.276 e. The van der Waals surface area contributed by atoms with Crippen molar-refractivity contribution in [3.8, 4) is 0 Å². The molecule has 1 aliphatic rings. The second kappa shape index (κ2) is 7.27. The zero-order valence-corrected chi connectivity index (χ0v) is 16.0. The van der Waals surface area contributed by atoms with Crippen molar-refractivity contribution in [2.24, 2.45) is 5.92 Å². The summed E-state index contributed by atoms with van der Waals surface area (Å²) in [6.07, 6.45) is 3.94. The van der Waals surface area contributed by atoms with E-state index in [9.17, 15) is 13.2 Å². The lowest BCUT2D eigenvalue weighted by Crippen LogP contribution is -2.41. The number of hydrogen-bond donors (Lipinski definition) is 2. The van der Waals surface area contributed by atoms with Crippen LogP contribution in [0.5, 0.6) is 0 Å². The number of benzene rings is 1. The average molecular weight is 379 g/mol. The third kappa shape index (κ3) is 4.11. The molecule has 0 spiro atoms. The number of nitrogens with one attached hydrogen (secondary N) is 2. The lowest BCUT2D eigenvalue weighted by molar-refractivity contribution is 0.0949. The van der Waals surface area contributed by atoms with Crippen LogP contribution in [0, 0.1) is 5.92 Å². The standard InChI is InChI=1S/C18H22N2O3S2/c1-3-13-5-7-15(8-6-13)25(22,23)20-19-18(21)17-11-14-10-12(2)4-9-16(14)24-17/h5-8,11-12,20H,3-4,9-10H2,1-2H3,(H,19,21). The molecule has 1 aromatic carbocycles. The third-order valence-corrected chi connectivity index (χ3v) is 6.99. The van der Waals surface area contributed by atoms with Gasteiger partial charge in [-0.25, -0.2) is 8.42 Å². The van der Waals surface area contributed by atoms with Gasteiger partial charge in [-0.2, -0.15) is 0 Å². The van der Waals surface area contributed by atoms with Crippen LogP contribution in [-0.4, -0.2) is 14.3 Å². The van der Waals surface area contributed by atoms with Crippen molar-refractivity contribution in [2.45, 2.75) is 44.4 Å². The lowest BCUT2D eigenvalue weighted by atomic mass is 9.90. The van der Waals surface area contributed by atoms with Crippen LogP contribution in [0.2, 0.25) is 0 Å². The zero-order chi connectivity index (χ0) is 18.0. The summed E-state index contributed by atoms with van der Waals surface area (Å²) in [5.74, 6) is 0.211. The second-order valence-corrected chi connectivity index (χ2v) is 9.28. The minimum Gasteiger partial charge on any atom is -0.273 e. The minimum atomic E-state index is -3.78. The molecule has 2 N–H and O–H groups in total. The van der Waals surface area contributed by atoms with Gasteiger partial charge in [-0.1, -0.05) is 26.0 Å². The molecule has 1 aromatic heterocycles. The Hall–Kier alpha value is -1.70. The van der Waals surface area contributed by atoms with Crippen LogP contribution in [0.4, 0.5) is 0 Å². The Bertz CT molecular complexity index is 870. The summed E-state index contributed by atoms with van der Waals surface area (Å²) in [5.41, 5.74) is 4.59. The molecule has 0 aliphatic heterocycles. The summed E-state index contributed by atoms with van der Waals surface area (Å²) in [6.45, 7) is 4.21. The molecule has 0 radical (unpaired) electrons. The fourth-order valence-electron chi connectivity index (χ4n) is 2.96. The van der Waals surface area contributed by atoms with Gasteiger partial charge in [0.25, 0.3) is 15.9 Å². The van der Waals surface area contributed by atoms with E-state index in [-0.39, 0.29) is 4.90 Å². The van der Waals surface area contributed by atoms with Crippen LogP contribution >= 0.6 is 11.3 Å². The van der Waals surface area contributed by atoms with E-state index in [1.807, 2.05) is 13.0 Å². The normalized spacial score (nSPS) is 17.1. The first-order valence-corrected chi connectivity index (χ1v) is 10.7. The van der Waals surface area contributed by atoms with Crippen molar-refractivity contribution in [2.75, 3.05) is 0 Å². The molecule has 1 unspecified atom stereocenters. The van der Waals surface area contributed by atoms with E-state index >= 15 is 0 Å². The molecule has 1 aliphatic carbocycles. The maximum absolute atomic E-state index is 12.3. The first kappa shape index (κ1) is 18.1. The molecule has 134 valence electrons. The van der Waals surface area contributed by atoms with Crippen LogP contribution in [-0.2, 0) is 29.3 Å². The van der Waals surface area contributed by atoms with Crippen molar-refractivity contribution in [1.82, 2.24) is 10.3 Å². The minimum absolute atomic E-state index is 0.129. The highest BCUT2D eigenvalue weighted by atomic mass is 32.2. The third-order valence-electron chi connectivity index (χ3n) is 4.49. The Labute approximate surface area is 152 Å². The summed E-state index contributed by atoms with van der Waals surface area (Å²) in [5, 5.41) is 0. The Morgan fingerprint density at radius 2 is 2.00 bits per heavy atom. The predicted octanol–water partition coefficient (Wildman–Crippen LogP) is 3.06. The summed E-state index contributed by atoms with van der Waals surface area (Å²) in [6, 6.07) is 8.50. The molecular formula is C18H22N2O3S2. The van der Waals surface area contributed by atoms with Crippen LogP contribution in [0.25, 0.3) is 0 Å². The Morgan fingerprint density at radius 3 is 2.68 bits per heavy atom. The number of amides is 1. The number of carbonyl (C=O) groups is 1. The molecule has 0 bridgehead atoms. The van der Waals surface area contributed by atoms with Crippen molar-refractivity contribution in [3.63, 3.8) is 0 Å². The van der Waals surface area contributed by atoms with Gasteiger partial charge in [0.1, 0.15) is 0 Å². The molecule has 2 aromatic rings. The van der Waals surface area contributed by atoms with Gasteiger partial charge in [-0.15, -0.1) is 16.2 Å². The van der Waals surface area contributed by atoms with Gasteiger partial charge >= 0.3 is 0 Å². The molecule has 0 fully saturated rings. The highest BCUT2D eigenvalue weighted by molar-refractivity contribution is 7.89. The number of thiophene rings is 1. The molecule has 25 heavy (non-hydrogen) atoms. The lowest BCUT2D eigenvalue weighted by Gasteiger charge is -2.16. The molecule has 1 heterocycles. The van der Waals surface area contributed by atoms with E-state index in [4.69, 9.17) is 0 Å². The fourth-order valence-corrected chi connectivity index (χ4v) is 4.90. The van der Waals surface area contributed by atoms with E-state index in [0.29, 0.717) is 10.8 Å². The van der Waals surface area contributed by atoms with Crippen molar-refractivity contribution in [3.05, 3.63) is 51.2 Å². The number of sulfonamides is 1. The quantitative estimate of drug-likeness (QED) is 0.785. The molecule has 1 amide bonds. The molecular weight excluding hydrogens is 356 g/mol. The Balaban J connectivity index is 1.67. The molecule has 3 rings (SSSR count). The van der Waals surface area contributed by atoms with E-state index in [1.165, 1.54) is 21.8 Å². The number of aryl methyl sites for hydroxylation is 2. The van der Waals surface area contributed by atoms with Gasteiger partial charge in [-0.05, 0) is 60.9 Å². The van der Waals surface area contributed by atoms with Crippen LogP contribution in [0.3, 0.4) is 0 Å². The van der Waals surface area contributed by atoms with Gasteiger partial charge in [-0.3, -0.25) is 10.2 Å². The molecule has 0 saturated heterocycles. The summed E-state index contributed by atoms with van der Waals surface area (Å²) in [7, 11) is -3.78. The fraction of sp³-hybridized carbons (Fsp3) is 0.389. The van der Waals surface area contributed by atoms with Gasteiger partial charge in [0.2, 0.25) is 0 Å². The molecule has 0 saturated carbocycles. The molecule has 1 atom stereocenters. The number of carbonyl (C=O) groups excluding carboxylic acids is 1. The van der Waals surface area contributed by atoms with Crippen molar-refractivity contribution in [1.29, 1.82) is 0 Å². The summed E-state index contributed by atoms with van der Waals surface area (Å²) >= 11 is 1.45. The van der Waals surface area contributed by atoms with Crippen LogP contribution < -0.4 is 10.3 Å². The predicted molar refractivity (Wildman–Crippen MR) is 99.1 cm³/mol. The monoisotopic (exact) mass is 378 g/mol. The SMILES string of the molecule is CCc1ccc(S(=O)(=O)NNC(=O)c2cc3c(s2)CCC(C)C3)cc1. The number of rotatable bonds is 5. The Morgan fingerprint density at radius 1 is 1.28 bits per heavy atom.